The third-order valence-corrected chi connectivity index (χ3v) is 1.32. The Morgan fingerprint density at radius 2 is 2.09 bits per heavy atom. The van der Waals surface area contributed by atoms with E-state index in [9.17, 15) is 4.79 Å². The molecule has 11 heavy (non-hydrogen) atoms. The molecule has 0 spiro atoms. The first-order chi connectivity index (χ1) is 5.06. The fourth-order valence-electron chi connectivity index (χ4n) is 0.926. The van der Waals surface area contributed by atoms with Gasteiger partial charge in [-0.3, -0.25) is 4.79 Å². The van der Waals surface area contributed by atoms with E-state index < -0.39 is 0 Å². The Bertz CT molecular complexity index is 148. The second-order valence-electron chi connectivity index (χ2n) is 3.10. The normalized spacial score (nSPS) is 9.82. The number of carbonyl (C=O) groups is 1. The second kappa shape index (κ2) is 4.94. The first-order valence-electron chi connectivity index (χ1n) is 3.79. The third kappa shape index (κ3) is 5.64. The number of methoxy groups -OCH3 is 1. The van der Waals surface area contributed by atoms with E-state index in [1.54, 1.807) is 0 Å². The zero-order valence-corrected chi connectivity index (χ0v) is 7.52. The number of esters is 1. The van der Waals surface area contributed by atoms with E-state index in [0.29, 0.717) is 12.3 Å². The van der Waals surface area contributed by atoms with Gasteiger partial charge in [0.15, 0.2) is 0 Å². The Hall–Kier alpha value is -0.790. The zero-order valence-electron chi connectivity index (χ0n) is 7.52. The number of hydrogen-bond donors (Lipinski definition) is 0. The van der Waals surface area contributed by atoms with Gasteiger partial charge in [0.2, 0.25) is 0 Å². The molecule has 2 nitrogen and oxygen atoms in total. The first-order valence-corrected chi connectivity index (χ1v) is 3.79. The highest BCUT2D eigenvalue weighted by atomic mass is 16.5. The predicted molar refractivity (Wildman–Crippen MR) is 45.2 cm³/mol. The summed E-state index contributed by atoms with van der Waals surface area (Å²) < 4.78 is 4.50. The Balaban J connectivity index is 3.61. The van der Waals surface area contributed by atoms with Crippen molar-refractivity contribution in [1.82, 2.24) is 0 Å². The maximum Gasteiger partial charge on any atom is 0.309 e. The standard InChI is InChI=1S/C9H16O2/c1-7(2)5-8(3)6-9(10)11-4/h7H,3,5-6H2,1-2,4H3. The van der Waals surface area contributed by atoms with Crippen molar-refractivity contribution in [3.05, 3.63) is 12.2 Å². The summed E-state index contributed by atoms with van der Waals surface area (Å²) in [6.07, 6.45) is 1.25. The highest BCUT2D eigenvalue weighted by Crippen LogP contribution is 2.12. The van der Waals surface area contributed by atoms with Gasteiger partial charge < -0.3 is 4.74 Å². The molecule has 0 saturated carbocycles. The van der Waals surface area contributed by atoms with Gasteiger partial charge in [0.05, 0.1) is 13.5 Å². The fraction of sp³-hybridized carbons (Fsp3) is 0.667. The lowest BCUT2D eigenvalue weighted by atomic mass is 10.0. The van der Waals surface area contributed by atoms with Crippen molar-refractivity contribution in [2.75, 3.05) is 7.11 Å². The van der Waals surface area contributed by atoms with Crippen molar-refractivity contribution in [2.45, 2.75) is 26.7 Å². The minimum absolute atomic E-state index is 0.198. The van der Waals surface area contributed by atoms with Gasteiger partial charge in [-0.25, -0.2) is 0 Å². The average molecular weight is 156 g/mol. The van der Waals surface area contributed by atoms with Crippen LogP contribution in [0.15, 0.2) is 12.2 Å². The molecule has 0 fully saturated rings. The molecule has 0 bridgehead atoms. The van der Waals surface area contributed by atoms with Crippen LogP contribution < -0.4 is 0 Å². The van der Waals surface area contributed by atoms with Gasteiger partial charge in [0, 0.05) is 0 Å². The Labute approximate surface area is 68.2 Å². The Kier molecular flexibility index (Phi) is 4.59. The van der Waals surface area contributed by atoms with Crippen LogP contribution in [0.4, 0.5) is 0 Å². The van der Waals surface area contributed by atoms with E-state index in [2.05, 4.69) is 25.2 Å². The topological polar surface area (TPSA) is 26.3 Å². The van der Waals surface area contributed by atoms with Gasteiger partial charge >= 0.3 is 5.97 Å². The zero-order chi connectivity index (χ0) is 8.85. The van der Waals surface area contributed by atoms with Crippen LogP contribution in [0, 0.1) is 5.92 Å². The summed E-state index contributed by atoms with van der Waals surface area (Å²) in [4.78, 5) is 10.7. The minimum Gasteiger partial charge on any atom is -0.469 e. The van der Waals surface area contributed by atoms with Crippen molar-refractivity contribution < 1.29 is 9.53 Å². The van der Waals surface area contributed by atoms with Crippen LogP contribution in [0.25, 0.3) is 0 Å². The summed E-state index contributed by atoms with van der Waals surface area (Å²) in [5.41, 5.74) is 0.951. The highest BCUT2D eigenvalue weighted by molar-refractivity contribution is 5.71. The quantitative estimate of drug-likeness (QED) is 0.460. The molecule has 0 amide bonds. The van der Waals surface area contributed by atoms with E-state index in [0.717, 1.165) is 12.0 Å². The summed E-state index contributed by atoms with van der Waals surface area (Å²) in [7, 11) is 1.39. The minimum atomic E-state index is -0.198. The van der Waals surface area contributed by atoms with Crippen molar-refractivity contribution in [1.29, 1.82) is 0 Å². The molecule has 0 saturated heterocycles. The molecule has 0 aromatic heterocycles. The summed E-state index contributed by atoms with van der Waals surface area (Å²) in [6, 6.07) is 0. The van der Waals surface area contributed by atoms with Crippen LogP contribution in [0.1, 0.15) is 26.7 Å². The highest BCUT2D eigenvalue weighted by Gasteiger charge is 2.04. The Morgan fingerprint density at radius 3 is 2.45 bits per heavy atom. The van der Waals surface area contributed by atoms with Crippen LogP contribution in [0.2, 0.25) is 0 Å². The van der Waals surface area contributed by atoms with Gasteiger partial charge in [0.25, 0.3) is 0 Å². The van der Waals surface area contributed by atoms with Gasteiger partial charge in [-0.15, -0.1) is 0 Å². The molecule has 0 radical (unpaired) electrons. The first kappa shape index (κ1) is 10.2. The van der Waals surface area contributed by atoms with Gasteiger partial charge in [-0.1, -0.05) is 26.0 Å². The van der Waals surface area contributed by atoms with Crippen LogP contribution in [-0.2, 0) is 9.53 Å². The molecule has 64 valence electrons. The van der Waals surface area contributed by atoms with E-state index in [-0.39, 0.29) is 5.97 Å². The summed E-state index contributed by atoms with van der Waals surface area (Å²) in [5, 5.41) is 0. The monoisotopic (exact) mass is 156 g/mol. The van der Waals surface area contributed by atoms with Gasteiger partial charge in [0.1, 0.15) is 0 Å². The molecule has 0 unspecified atom stereocenters. The van der Waals surface area contributed by atoms with Gasteiger partial charge in [-0.05, 0) is 12.3 Å². The van der Waals surface area contributed by atoms with Crippen LogP contribution in [0.3, 0.4) is 0 Å². The summed E-state index contributed by atoms with van der Waals surface area (Å²) in [6.45, 7) is 7.98. The molecule has 0 rings (SSSR count). The van der Waals surface area contributed by atoms with E-state index in [1.807, 2.05) is 0 Å². The lowest BCUT2D eigenvalue weighted by Gasteiger charge is -2.06. The van der Waals surface area contributed by atoms with E-state index >= 15 is 0 Å². The SMILES string of the molecule is C=C(CC(=O)OC)CC(C)C. The number of hydrogen-bond acceptors (Lipinski definition) is 2. The molecule has 0 heterocycles. The maximum atomic E-state index is 10.7. The molecular weight excluding hydrogens is 140 g/mol. The molecule has 2 heteroatoms. The third-order valence-electron chi connectivity index (χ3n) is 1.32. The molecule has 0 aliphatic heterocycles. The molecule has 0 aromatic carbocycles. The number of rotatable bonds is 4. The number of carbonyl (C=O) groups excluding carboxylic acids is 1. The summed E-state index contributed by atoms with van der Waals surface area (Å²) >= 11 is 0. The molecular formula is C9H16O2. The second-order valence-corrected chi connectivity index (χ2v) is 3.10. The van der Waals surface area contributed by atoms with E-state index in [1.165, 1.54) is 7.11 Å². The molecule has 0 N–H and O–H groups in total. The van der Waals surface area contributed by atoms with Gasteiger partial charge in [-0.2, -0.15) is 0 Å². The molecule has 0 aliphatic carbocycles. The van der Waals surface area contributed by atoms with Crippen LogP contribution >= 0.6 is 0 Å². The molecule has 0 atom stereocenters. The molecule has 0 aromatic rings. The van der Waals surface area contributed by atoms with Crippen molar-refractivity contribution in [3.8, 4) is 0 Å². The fourth-order valence-corrected chi connectivity index (χ4v) is 0.926. The van der Waals surface area contributed by atoms with Crippen molar-refractivity contribution in [2.24, 2.45) is 5.92 Å². The largest absolute Gasteiger partial charge is 0.469 e. The summed E-state index contributed by atoms with van der Waals surface area (Å²) in [5.74, 6) is 0.364. The average Bonchev–Trinajstić information content (AvgIpc) is 1.85. The Morgan fingerprint density at radius 1 is 1.55 bits per heavy atom. The number of ether oxygens (including phenoxy) is 1. The predicted octanol–water partition coefficient (Wildman–Crippen LogP) is 2.15. The smallest absolute Gasteiger partial charge is 0.309 e. The van der Waals surface area contributed by atoms with Crippen molar-refractivity contribution >= 4 is 5.97 Å². The lowest BCUT2D eigenvalue weighted by Crippen LogP contribution is -2.02. The van der Waals surface area contributed by atoms with Crippen molar-refractivity contribution in [3.63, 3.8) is 0 Å². The maximum absolute atomic E-state index is 10.7. The van der Waals surface area contributed by atoms with E-state index in [4.69, 9.17) is 0 Å². The van der Waals surface area contributed by atoms with Crippen LogP contribution in [-0.4, -0.2) is 13.1 Å². The molecule has 0 aliphatic rings. The van der Waals surface area contributed by atoms with Crippen LogP contribution in [0.5, 0.6) is 0 Å². The lowest BCUT2D eigenvalue weighted by molar-refractivity contribution is -0.139.